The van der Waals surface area contributed by atoms with Gasteiger partial charge in [0, 0.05) is 0 Å². The zero-order chi connectivity index (χ0) is 14.5. The van der Waals surface area contributed by atoms with Crippen LogP contribution in [0, 0.1) is 0 Å². The highest BCUT2D eigenvalue weighted by atomic mass is 16.6. The summed E-state index contributed by atoms with van der Waals surface area (Å²) in [4.78, 5) is 16.8. The quantitative estimate of drug-likeness (QED) is 0.852. The van der Waals surface area contributed by atoms with E-state index < -0.39 is 0 Å². The fourth-order valence-electron chi connectivity index (χ4n) is 2.02. The molecular weight excluding hydrogens is 254 g/mol. The van der Waals surface area contributed by atoms with E-state index >= 15 is 0 Å². The van der Waals surface area contributed by atoms with Crippen LogP contribution in [-0.2, 0) is 9.63 Å². The average molecular weight is 273 g/mol. The lowest BCUT2D eigenvalue weighted by Gasteiger charge is -2.13. The molecular formula is C16H19NO3. The molecule has 4 heteroatoms. The molecule has 0 bridgehead atoms. The SMILES string of the molecule is CCONC(=O)[C@H](C)c1ccc2cc(OC)ccc2c1. The first-order chi connectivity index (χ1) is 9.65. The van der Waals surface area contributed by atoms with Crippen molar-refractivity contribution in [3.63, 3.8) is 0 Å². The van der Waals surface area contributed by atoms with Crippen molar-refractivity contribution in [2.75, 3.05) is 13.7 Å². The van der Waals surface area contributed by atoms with Crippen LogP contribution in [0.15, 0.2) is 36.4 Å². The number of fused-ring (bicyclic) bond motifs is 1. The van der Waals surface area contributed by atoms with Gasteiger partial charge in [0.05, 0.1) is 19.6 Å². The predicted molar refractivity (Wildman–Crippen MR) is 78.7 cm³/mol. The van der Waals surface area contributed by atoms with Crippen LogP contribution < -0.4 is 10.2 Å². The molecule has 0 aromatic heterocycles. The van der Waals surface area contributed by atoms with Crippen LogP contribution >= 0.6 is 0 Å². The van der Waals surface area contributed by atoms with Gasteiger partial charge in [-0.1, -0.05) is 24.3 Å². The molecule has 1 N–H and O–H groups in total. The van der Waals surface area contributed by atoms with Crippen LogP contribution in [-0.4, -0.2) is 19.6 Å². The molecule has 2 aromatic carbocycles. The van der Waals surface area contributed by atoms with E-state index in [1.54, 1.807) is 7.11 Å². The van der Waals surface area contributed by atoms with Gasteiger partial charge in [-0.3, -0.25) is 9.63 Å². The Morgan fingerprint density at radius 3 is 2.60 bits per heavy atom. The molecule has 0 aliphatic heterocycles. The van der Waals surface area contributed by atoms with E-state index in [2.05, 4.69) is 5.48 Å². The number of ether oxygens (including phenoxy) is 1. The molecule has 1 atom stereocenters. The van der Waals surface area contributed by atoms with Gasteiger partial charge in [0.15, 0.2) is 0 Å². The Bertz CT molecular complexity index is 610. The Labute approximate surface area is 118 Å². The number of benzene rings is 2. The molecule has 2 rings (SSSR count). The van der Waals surface area contributed by atoms with E-state index in [9.17, 15) is 4.79 Å². The van der Waals surface area contributed by atoms with Gasteiger partial charge >= 0.3 is 0 Å². The Morgan fingerprint density at radius 1 is 1.20 bits per heavy atom. The molecule has 0 aliphatic rings. The summed E-state index contributed by atoms with van der Waals surface area (Å²) in [5.74, 6) is 0.431. The van der Waals surface area contributed by atoms with Crippen LogP contribution in [0.2, 0.25) is 0 Å². The maximum absolute atomic E-state index is 11.9. The summed E-state index contributed by atoms with van der Waals surface area (Å²) in [6.07, 6.45) is 0. The minimum Gasteiger partial charge on any atom is -0.497 e. The molecule has 1 amide bonds. The molecule has 0 radical (unpaired) electrons. The summed E-state index contributed by atoms with van der Waals surface area (Å²) in [6, 6.07) is 11.9. The van der Waals surface area contributed by atoms with Crippen molar-refractivity contribution in [3.8, 4) is 5.75 Å². The monoisotopic (exact) mass is 273 g/mol. The van der Waals surface area contributed by atoms with Crippen molar-refractivity contribution >= 4 is 16.7 Å². The largest absolute Gasteiger partial charge is 0.497 e. The van der Waals surface area contributed by atoms with Gasteiger partial charge in [-0.25, -0.2) is 5.48 Å². The molecule has 0 saturated heterocycles. The predicted octanol–water partition coefficient (Wildman–Crippen LogP) is 3.02. The standard InChI is InChI=1S/C16H19NO3/c1-4-20-17-16(18)11(2)12-5-6-14-10-15(19-3)8-7-13(14)9-12/h5-11H,4H2,1-3H3,(H,17,18)/t11-/m1/s1. The fourth-order valence-corrected chi connectivity index (χ4v) is 2.02. The van der Waals surface area contributed by atoms with Crippen molar-refractivity contribution < 1.29 is 14.4 Å². The van der Waals surface area contributed by atoms with E-state index in [4.69, 9.17) is 9.57 Å². The third kappa shape index (κ3) is 3.08. The maximum atomic E-state index is 11.9. The summed E-state index contributed by atoms with van der Waals surface area (Å²) >= 11 is 0. The molecule has 0 spiro atoms. The number of carbonyl (C=O) groups is 1. The van der Waals surface area contributed by atoms with E-state index in [0.29, 0.717) is 6.61 Å². The fraction of sp³-hybridized carbons (Fsp3) is 0.312. The highest BCUT2D eigenvalue weighted by molar-refractivity contribution is 5.88. The van der Waals surface area contributed by atoms with Gasteiger partial charge in [-0.15, -0.1) is 0 Å². The summed E-state index contributed by atoms with van der Waals surface area (Å²) in [5.41, 5.74) is 3.40. The highest BCUT2D eigenvalue weighted by Crippen LogP contribution is 2.25. The summed E-state index contributed by atoms with van der Waals surface area (Å²) < 4.78 is 5.20. The normalized spacial score (nSPS) is 12.2. The van der Waals surface area contributed by atoms with Gasteiger partial charge in [0.1, 0.15) is 5.75 Å². The van der Waals surface area contributed by atoms with E-state index in [0.717, 1.165) is 22.1 Å². The lowest BCUT2D eigenvalue weighted by atomic mass is 9.97. The Balaban J connectivity index is 2.25. The molecule has 0 aliphatic carbocycles. The molecule has 106 valence electrons. The van der Waals surface area contributed by atoms with Gasteiger partial charge in [0.25, 0.3) is 5.91 Å². The number of hydrogen-bond donors (Lipinski definition) is 1. The van der Waals surface area contributed by atoms with Gasteiger partial charge < -0.3 is 4.74 Å². The van der Waals surface area contributed by atoms with E-state index in [1.807, 2.05) is 50.2 Å². The molecule has 0 fully saturated rings. The zero-order valence-corrected chi connectivity index (χ0v) is 12.0. The lowest BCUT2D eigenvalue weighted by molar-refractivity contribution is -0.134. The van der Waals surface area contributed by atoms with E-state index in [1.165, 1.54) is 0 Å². The minimum absolute atomic E-state index is 0.139. The van der Waals surface area contributed by atoms with Crippen molar-refractivity contribution in [2.24, 2.45) is 0 Å². The maximum Gasteiger partial charge on any atom is 0.250 e. The molecule has 0 unspecified atom stereocenters. The molecule has 0 heterocycles. The first kappa shape index (κ1) is 14.3. The second-order valence-electron chi connectivity index (χ2n) is 4.59. The molecule has 0 saturated carbocycles. The number of amides is 1. The first-order valence-corrected chi connectivity index (χ1v) is 6.65. The number of rotatable bonds is 5. The number of methoxy groups -OCH3 is 1. The molecule has 2 aromatic rings. The Kier molecular flexibility index (Phi) is 4.58. The minimum atomic E-state index is -0.256. The highest BCUT2D eigenvalue weighted by Gasteiger charge is 2.15. The second-order valence-corrected chi connectivity index (χ2v) is 4.59. The first-order valence-electron chi connectivity index (χ1n) is 6.65. The van der Waals surface area contributed by atoms with Gasteiger partial charge in [-0.2, -0.15) is 0 Å². The molecule has 20 heavy (non-hydrogen) atoms. The summed E-state index contributed by atoms with van der Waals surface area (Å²) in [6.45, 7) is 4.14. The third-order valence-corrected chi connectivity index (χ3v) is 3.28. The van der Waals surface area contributed by atoms with Crippen LogP contribution in [0.3, 0.4) is 0 Å². The van der Waals surface area contributed by atoms with Crippen molar-refractivity contribution in [1.82, 2.24) is 5.48 Å². The third-order valence-electron chi connectivity index (χ3n) is 3.28. The topological polar surface area (TPSA) is 47.6 Å². The zero-order valence-electron chi connectivity index (χ0n) is 12.0. The number of hydroxylamine groups is 1. The average Bonchev–Trinajstić information content (AvgIpc) is 2.50. The summed E-state index contributed by atoms with van der Waals surface area (Å²) in [5, 5.41) is 2.17. The smallest absolute Gasteiger partial charge is 0.250 e. The van der Waals surface area contributed by atoms with Crippen molar-refractivity contribution in [2.45, 2.75) is 19.8 Å². The molecule has 4 nitrogen and oxygen atoms in total. The van der Waals surface area contributed by atoms with E-state index in [-0.39, 0.29) is 11.8 Å². The number of carbonyl (C=O) groups excluding carboxylic acids is 1. The Morgan fingerprint density at radius 2 is 1.90 bits per heavy atom. The lowest BCUT2D eigenvalue weighted by Crippen LogP contribution is -2.28. The van der Waals surface area contributed by atoms with Gasteiger partial charge in [0.2, 0.25) is 0 Å². The van der Waals surface area contributed by atoms with Crippen LogP contribution in [0.25, 0.3) is 10.8 Å². The van der Waals surface area contributed by atoms with Crippen molar-refractivity contribution in [1.29, 1.82) is 0 Å². The number of nitrogens with one attached hydrogen (secondary N) is 1. The van der Waals surface area contributed by atoms with Crippen LogP contribution in [0.5, 0.6) is 5.75 Å². The van der Waals surface area contributed by atoms with Crippen LogP contribution in [0.4, 0.5) is 0 Å². The Hall–Kier alpha value is -2.07. The van der Waals surface area contributed by atoms with Gasteiger partial charge in [-0.05, 0) is 42.3 Å². The second kappa shape index (κ2) is 6.39. The number of hydrogen-bond acceptors (Lipinski definition) is 3. The van der Waals surface area contributed by atoms with Crippen molar-refractivity contribution in [3.05, 3.63) is 42.0 Å². The summed E-state index contributed by atoms with van der Waals surface area (Å²) in [7, 11) is 1.65. The van der Waals surface area contributed by atoms with Crippen LogP contribution in [0.1, 0.15) is 25.3 Å².